The first-order valence-corrected chi connectivity index (χ1v) is 11.4. The molecule has 3 N–H and O–H groups in total. The molecule has 0 saturated carbocycles. The number of carbonyl (C=O) groups is 1. The number of methoxy groups -OCH3 is 4. The molecule has 0 fully saturated rings. The number of halogens is 1. The van der Waals surface area contributed by atoms with Crippen LogP contribution in [0.25, 0.3) is 12.2 Å². The molecule has 0 spiro atoms. The van der Waals surface area contributed by atoms with E-state index >= 15 is 0 Å². The predicted octanol–water partition coefficient (Wildman–Crippen LogP) is 6.04. The first-order chi connectivity index (χ1) is 16.9. The molecule has 182 valence electrons. The van der Waals surface area contributed by atoms with Crippen molar-refractivity contribution in [2.45, 2.75) is 0 Å². The molecule has 8 heteroatoms. The molecular weight excluding hydrogens is 512 g/mol. The number of hydrogen-bond acceptors (Lipinski definition) is 7. The highest BCUT2D eigenvalue weighted by molar-refractivity contribution is 9.10. The zero-order valence-corrected chi connectivity index (χ0v) is 21.5. The summed E-state index contributed by atoms with van der Waals surface area (Å²) in [4.78, 5) is 12.4. The van der Waals surface area contributed by atoms with E-state index in [0.29, 0.717) is 39.9 Å². The molecule has 3 rings (SSSR count). The van der Waals surface area contributed by atoms with Crippen molar-refractivity contribution in [3.8, 4) is 23.0 Å². The van der Waals surface area contributed by atoms with Crippen molar-refractivity contribution in [3.63, 3.8) is 0 Å². The minimum Gasteiger partial charge on any atom is -0.493 e. The second-order valence-electron chi connectivity index (χ2n) is 7.34. The van der Waals surface area contributed by atoms with E-state index < -0.39 is 0 Å². The molecule has 0 radical (unpaired) electrons. The van der Waals surface area contributed by atoms with Gasteiger partial charge < -0.3 is 30.0 Å². The number of allylic oxidation sites excluding steroid dienone is 1. The van der Waals surface area contributed by atoms with Crippen molar-refractivity contribution in [2.24, 2.45) is 0 Å². The van der Waals surface area contributed by atoms with Crippen LogP contribution in [-0.4, -0.2) is 34.2 Å². The maximum atomic E-state index is 12.4. The zero-order valence-electron chi connectivity index (χ0n) is 19.9. The summed E-state index contributed by atoms with van der Waals surface area (Å²) in [6.45, 7) is 0. The Labute approximate surface area is 213 Å². The third-order valence-corrected chi connectivity index (χ3v) is 5.68. The molecule has 0 unspecified atom stereocenters. The Morgan fingerprint density at radius 1 is 0.829 bits per heavy atom. The molecule has 0 aliphatic heterocycles. The lowest BCUT2D eigenvalue weighted by molar-refractivity contribution is 0.104. The van der Waals surface area contributed by atoms with Gasteiger partial charge in [-0.15, -0.1) is 0 Å². The number of anilines is 2. The van der Waals surface area contributed by atoms with Crippen molar-refractivity contribution in [1.82, 2.24) is 0 Å². The van der Waals surface area contributed by atoms with E-state index in [1.807, 2.05) is 36.4 Å². The highest BCUT2D eigenvalue weighted by atomic mass is 79.9. The second-order valence-corrected chi connectivity index (χ2v) is 8.19. The summed E-state index contributed by atoms with van der Waals surface area (Å²) in [7, 11) is 6.31. The van der Waals surface area contributed by atoms with Gasteiger partial charge in [-0.1, -0.05) is 12.2 Å². The molecule has 3 aromatic rings. The lowest BCUT2D eigenvalue weighted by Gasteiger charge is -2.13. The van der Waals surface area contributed by atoms with Gasteiger partial charge in [-0.05, 0) is 75.6 Å². The van der Waals surface area contributed by atoms with E-state index in [1.54, 1.807) is 58.9 Å². The third-order valence-electron chi connectivity index (χ3n) is 5.09. The second kappa shape index (κ2) is 12.0. The molecule has 0 saturated heterocycles. The van der Waals surface area contributed by atoms with E-state index in [0.717, 1.165) is 15.6 Å². The largest absolute Gasteiger partial charge is 0.493 e. The van der Waals surface area contributed by atoms with E-state index in [1.165, 1.54) is 6.08 Å². The minimum absolute atomic E-state index is 0.144. The van der Waals surface area contributed by atoms with Gasteiger partial charge in [-0.2, -0.15) is 0 Å². The fraction of sp³-hybridized carbons (Fsp3) is 0.148. The van der Waals surface area contributed by atoms with E-state index in [9.17, 15) is 4.79 Å². The van der Waals surface area contributed by atoms with E-state index in [-0.39, 0.29) is 5.78 Å². The Kier molecular flexibility index (Phi) is 8.80. The van der Waals surface area contributed by atoms with Crippen LogP contribution in [0.1, 0.15) is 21.5 Å². The lowest BCUT2D eigenvalue weighted by atomic mass is 10.1. The number of carbonyl (C=O) groups excluding carboxylic acids is 1. The maximum absolute atomic E-state index is 12.4. The molecule has 35 heavy (non-hydrogen) atoms. The fourth-order valence-corrected chi connectivity index (χ4v) is 4.01. The molecule has 3 aromatic carbocycles. The smallest absolute Gasteiger partial charge is 0.203 e. The number of ether oxygens (including phenoxy) is 4. The monoisotopic (exact) mass is 538 g/mol. The van der Waals surface area contributed by atoms with Crippen LogP contribution >= 0.6 is 15.9 Å². The predicted molar refractivity (Wildman–Crippen MR) is 144 cm³/mol. The molecule has 0 aliphatic carbocycles. The normalized spacial score (nSPS) is 11.0. The van der Waals surface area contributed by atoms with Crippen molar-refractivity contribution >= 4 is 45.2 Å². The molecule has 0 aromatic heterocycles. The maximum Gasteiger partial charge on any atom is 0.203 e. The van der Waals surface area contributed by atoms with Crippen LogP contribution in [0.5, 0.6) is 23.0 Å². The van der Waals surface area contributed by atoms with Crippen LogP contribution in [0.3, 0.4) is 0 Å². The topological polar surface area (TPSA) is 92.0 Å². The van der Waals surface area contributed by atoms with Gasteiger partial charge in [0.25, 0.3) is 0 Å². The lowest BCUT2D eigenvalue weighted by Crippen LogP contribution is -1.99. The first kappa shape index (κ1) is 25.7. The summed E-state index contributed by atoms with van der Waals surface area (Å²) < 4.78 is 22.5. The Hall–Kier alpha value is -3.91. The highest BCUT2D eigenvalue weighted by Crippen LogP contribution is 2.39. The summed E-state index contributed by atoms with van der Waals surface area (Å²) in [5.74, 6) is 2.14. The number of rotatable bonds is 10. The Morgan fingerprint density at radius 3 is 1.94 bits per heavy atom. The van der Waals surface area contributed by atoms with E-state index in [2.05, 4.69) is 21.2 Å². The van der Waals surface area contributed by atoms with Gasteiger partial charge in [-0.3, -0.25) is 4.79 Å². The Morgan fingerprint density at radius 2 is 1.40 bits per heavy atom. The van der Waals surface area contributed by atoms with Crippen LogP contribution in [0.2, 0.25) is 0 Å². The van der Waals surface area contributed by atoms with Gasteiger partial charge >= 0.3 is 0 Å². The minimum atomic E-state index is -0.144. The summed E-state index contributed by atoms with van der Waals surface area (Å²) >= 11 is 3.55. The fourth-order valence-electron chi connectivity index (χ4n) is 3.37. The van der Waals surface area contributed by atoms with Crippen LogP contribution in [0, 0.1) is 0 Å². The zero-order chi connectivity index (χ0) is 25.4. The summed E-state index contributed by atoms with van der Waals surface area (Å²) in [5.41, 5.74) is 9.29. The number of nitrogens with two attached hydrogens (primary N) is 1. The highest BCUT2D eigenvalue weighted by Gasteiger charge is 2.13. The van der Waals surface area contributed by atoms with Gasteiger partial charge in [0, 0.05) is 23.5 Å². The van der Waals surface area contributed by atoms with Gasteiger partial charge in [0.2, 0.25) is 5.75 Å². The quantitative estimate of drug-likeness (QED) is 0.140. The average Bonchev–Trinajstić information content (AvgIpc) is 2.86. The number of nitrogen functional groups attached to an aromatic ring is 1. The summed E-state index contributed by atoms with van der Waals surface area (Å²) in [6.07, 6.45) is 6.91. The number of nitrogens with one attached hydrogen (secondary N) is 1. The van der Waals surface area contributed by atoms with Crippen LogP contribution in [-0.2, 0) is 0 Å². The standard InChI is InChI=1S/C27H27BrN2O5/c1-32-24-15-18(16-25(33-2)27(24)35-4)6-5-17-13-21(28)26(34-3)22(14-17)30-12-11-23(31)19-7-9-20(29)10-8-19/h5-16,30H,29H2,1-4H3. The number of hydrogen-bond donors (Lipinski definition) is 2. The summed E-state index contributed by atoms with van der Waals surface area (Å²) in [6, 6.07) is 14.3. The number of ketones is 1. The van der Waals surface area contributed by atoms with Crippen LogP contribution < -0.4 is 30.0 Å². The average molecular weight is 539 g/mol. The van der Waals surface area contributed by atoms with Gasteiger partial charge in [-0.25, -0.2) is 0 Å². The van der Waals surface area contributed by atoms with Crippen LogP contribution in [0.4, 0.5) is 11.4 Å². The molecule has 0 bridgehead atoms. The van der Waals surface area contributed by atoms with Crippen molar-refractivity contribution < 1.29 is 23.7 Å². The molecule has 7 nitrogen and oxygen atoms in total. The molecule has 0 heterocycles. The molecular formula is C27H27BrN2O5. The molecule has 0 aliphatic rings. The van der Waals surface area contributed by atoms with Gasteiger partial charge in [0.1, 0.15) is 0 Å². The van der Waals surface area contributed by atoms with Crippen molar-refractivity contribution in [1.29, 1.82) is 0 Å². The van der Waals surface area contributed by atoms with Gasteiger partial charge in [0.15, 0.2) is 23.0 Å². The number of benzene rings is 3. The SMILES string of the molecule is COc1cc(C=Cc2cc(Br)c(OC)c(NC=CC(=O)c3ccc(N)cc3)c2)cc(OC)c1OC. The van der Waals surface area contributed by atoms with Gasteiger partial charge in [0.05, 0.1) is 38.6 Å². The Bertz CT molecular complexity index is 1230. The molecule has 0 amide bonds. The van der Waals surface area contributed by atoms with E-state index in [4.69, 9.17) is 24.7 Å². The van der Waals surface area contributed by atoms with Crippen LogP contribution in [0.15, 0.2) is 65.3 Å². The molecule has 0 atom stereocenters. The third kappa shape index (κ3) is 6.36. The van der Waals surface area contributed by atoms with Crippen molar-refractivity contribution in [2.75, 3.05) is 39.5 Å². The Balaban J connectivity index is 1.85. The van der Waals surface area contributed by atoms with Crippen molar-refractivity contribution in [3.05, 3.63) is 82.0 Å². The first-order valence-electron chi connectivity index (χ1n) is 10.6. The summed E-state index contributed by atoms with van der Waals surface area (Å²) in [5, 5.41) is 3.14.